The van der Waals surface area contributed by atoms with Crippen LogP contribution in [0.1, 0.15) is 22.9 Å². The number of nitrogens with zero attached hydrogens (tertiary/aromatic N) is 3. The first-order valence-corrected chi connectivity index (χ1v) is 9.80. The molecule has 1 heterocycles. The number of rotatable bonds is 7. The molecule has 6 heteroatoms. The molecule has 0 aliphatic rings. The standard InChI is InChI=1S/C25H21N3O3/c1-28-17-27-16-23(28)24(29)12-18-10-11-19(15-26)25(13-18)31-22-9-5-8-21(14-22)30-20-6-3-2-4-7-20/h2-11,13-14,16-17,24,29H,12H2,1H3. The quantitative estimate of drug-likeness (QED) is 0.455. The summed E-state index contributed by atoms with van der Waals surface area (Å²) in [7, 11) is 1.84. The highest BCUT2D eigenvalue weighted by molar-refractivity contribution is 5.48. The first-order chi connectivity index (χ1) is 15.1. The van der Waals surface area contributed by atoms with Gasteiger partial charge in [-0.05, 0) is 42.0 Å². The number of para-hydroxylation sites is 1. The molecule has 154 valence electrons. The summed E-state index contributed by atoms with van der Waals surface area (Å²) in [6.45, 7) is 0. The monoisotopic (exact) mass is 411 g/mol. The van der Waals surface area contributed by atoms with E-state index >= 15 is 0 Å². The van der Waals surface area contributed by atoms with Crippen molar-refractivity contribution in [3.8, 4) is 29.1 Å². The summed E-state index contributed by atoms with van der Waals surface area (Å²) in [5.74, 6) is 2.33. The number of hydrogen-bond acceptors (Lipinski definition) is 5. The van der Waals surface area contributed by atoms with E-state index in [1.165, 1.54) is 0 Å². The zero-order valence-corrected chi connectivity index (χ0v) is 17.0. The molecule has 1 aromatic heterocycles. The molecule has 6 nitrogen and oxygen atoms in total. The molecule has 0 saturated heterocycles. The minimum absolute atomic E-state index is 0.374. The van der Waals surface area contributed by atoms with Crippen LogP contribution in [-0.4, -0.2) is 14.7 Å². The van der Waals surface area contributed by atoms with Crippen molar-refractivity contribution in [2.45, 2.75) is 12.5 Å². The van der Waals surface area contributed by atoms with Crippen LogP contribution in [-0.2, 0) is 13.5 Å². The first-order valence-electron chi connectivity index (χ1n) is 9.80. The number of aromatic nitrogens is 2. The highest BCUT2D eigenvalue weighted by Gasteiger charge is 2.14. The van der Waals surface area contributed by atoms with Gasteiger partial charge < -0.3 is 19.1 Å². The van der Waals surface area contributed by atoms with E-state index in [1.807, 2.05) is 55.6 Å². The summed E-state index contributed by atoms with van der Waals surface area (Å²) in [6, 6.07) is 24.2. The van der Waals surface area contributed by atoms with Crippen LogP contribution in [0.3, 0.4) is 0 Å². The van der Waals surface area contributed by atoms with Gasteiger partial charge in [-0.25, -0.2) is 4.98 Å². The van der Waals surface area contributed by atoms with Crippen molar-refractivity contribution in [1.29, 1.82) is 5.26 Å². The summed E-state index contributed by atoms with van der Waals surface area (Å²) < 4.78 is 13.7. The Kier molecular flexibility index (Phi) is 5.97. The topological polar surface area (TPSA) is 80.3 Å². The molecule has 3 aromatic carbocycles. The van der Waals surface area contributed by atoms with Crippen molar-refractivity contribution in [3.63, 3.8) is 0 Å². The second-order valence-electron chi connectivity index (χ2n) is 7.08. The summed E-state index contributed by atoms with van der Waals surface area (Å²) in [4.78, 5) is 4.05. The molecule has 4 rings (SSSR count). The maximum absolute atomic E-state index is 10.5. The summed E-state index contributed by atoms with van der Waals surface area (Å²) in [5, 5.41) is 20.0. The Morgan fingerprint density at radius 1 is 0.968 bits per heavy atom. The van der Waals surface area contributed by atoms with Gasteiger partial charge in [0.25, 0.3) is 0 Å². The van der Waals surface area contributed by atoms with Gasteiger partial charge in [0.15, 0.2) is 0 Å². The lowest BCUT2D eigenvalue weighted by atomic mass is 10.0. The van der Waals surface area contributed by atoms with Crippen molar-refractivity contribution in [2.24, 2.45) is 7.05 Å². The molecule has 0 spiro atoms. The fraction of sp³-hybridized carbons (Fsp3) is 0.120. The molecule has 0 bridgehead atoms. The van der Waals surface area contributed by atoms with E-state index in [-0.39, 0.29) is 0 Å². The number of aryl methyl sites for hydroxylation is 1. The Balaban J connectivity index is 1.54. The predicted octanol–water partition coefficient (Wildman–Crippen LogP) is 5.15. The van der Waals surface area contributed by atoms with Gasteiger partial charge in [0.2, 0.25) is 0 Å². The number of ether oxygens (including phenoxy) is 2. The van der Waals surface area contributed by atoms with Crippen molar-refractivity contribution in [2.75, 3.05) is 0 Å². The summed E-state index contributed by atoms with van der Waals surface area (Å²) in [6.07, 6.45) is 2.95. The van der Waals surface area contributed by atoms with Gasteiger partial charge in [-0.2, -0.15) is 5.26 Å². The van der Waals surface area contributed by atoms with Crippen LogP contribution in [0.25, 0.3) is 0 Å². The molecule has 0 saturated carbocycles. The molecular weight excluding hydrogens is 390 g/mol. The van der Waals surface area contributed by atoms with Gasteiger partial charge in [-0.1, -0.05) is 30.3 Å². The number of aliphatic hydroxyl groups is 1. The fourth-order valence-corrected chi connectivity index (χ4v) is 3.24. The second-order valence-corrected chi connectivity index (χ2v) is 7.08. The lowest BCUT2D eigenvalue weighted by Gasteiger charge is -2.14. The van der Waals surface area contributed by atoms with Crippen LogP contribution in [0.4, 0.5) is 0 Å². The Bertz CT molecular complexity index is 1210. The first kappa shape index (κ1) is 20.2. The van der Waals surface area contributed by atoms with E-state index in [0.717, 1.165) is 17.0 Å². The zero-order valence-electron chi connectivity index (χ0n) is 17.0. The van der Waals surface area contributed by atoms with Crippen molar-refractivity contribution in [3.05, 3.63) is 102 Å². The average Bonchev–Trinajstić information content (AvgIpc) is 3.21. The summed E-state index contributed by atoms with van der Waals surface area (Å²) in [5.41, 5.74) is 1.98. The molecule has 0 aliphatic carbocycles. The second kappa shape index (κ2) is 9.16. The number of nitriles is 1. The summed E-state index contributed by atoms with van der Waals surface area (Å²) >= 11 is 0. The van der Waals surface area contributed by atoms with E-state index in [9.17, 15) is 10.4 Å². The molecule has 0 fully saturated rings. The van der Waals surface area contributed by atoms with Gasteiger partial charge in [-0.3, -0.25) is 0 Å². The van der Waals surface area contributed by atoms with Gasteiger partial charge in [-0.15, -0.1) is 0 Å². The smallest absolute Gasteiger partial charge is 0.145 e. The highest BCUT2D eigenvalue weighted by Crippen LogP contribution is 2.31. The van der Waals surface area contributed by atoms with Crippen molar-refractivity contribution < 1.29 is 14.6 Å². The third-order valence-electron chi connectivity index (χ3n) is 4.80. The maximum atomic E-state index is 10.5. The Labute approximate surface area is 180 Å². The average molecular weight is 411 g/mol. The van der Waals surface area contributed by atoms with Crippen LogP contribution in [0.5, 0.6) is 23.0 Å². The van der Waals surface area contributed by atoms with Crippen LogP contribution in [0.15, 0.2) is 85.3 Å². The predicted molar refractivity (Wildman–Crippen MR) is 116 cm³/mol. The van der Waals surface area contributed by atoms with E-state index in [2.05, 4.69) is 11.1 Å². The van der Waals surface area contributed by atoms with Crippen LogP contribution in [0, 0.1) is 11.3 Å². The molecule has 0 aliphatic heterocycles. The third-order valence-corrected chi connectivity index (χ3v) is 4.80. The lowest BCUT2D eigenvalue weighted by molar-refractivity contribution is 0.170. The van der Waals surface area contributed by atoms with E-state index in [4.69, 9.17) is 9.47 Å². The lowest BCUT2D eigenvalue weighted by Crippen LogP contribution is -2.06. The van der Waals surface area contributed by atoms with E-state index in [1.54, 1.807) is 41.4 Å². The van der Waals surface area contributed by atoms with Crippen molar-refractivity contribution in [1.82, 2.24) is 9.55 Å². The molecule has 1 atom stereocenters. The van der Waals surface area contributed by atoms with Crippen LogP contribution >= 0.6 is 0 Å². The Morgan fingerprint density at radius 3 is 2.42 bits per heavy atom. The molecule has 31 heavy (non-hydrogen) atoms. The molecule has 0 amide bonds. The molecule has 1 N–H and O–H groups in total. The van der Waals surface area contributed by atoms with Crippen molar-refractivity contribution >= 4 is 0 Å². The largest absolute Gasteiger partial charge is 0.457 e. The normalized spacial score (nSPS) is 11.5. The Morgan fingerprint density at radius 2 is 1.71 bits per heavy atom. The number of aliphatic hydroxyl groups excluding tert-OH is 1. The molecule has 1 unspecified atom stereocenters. The fourth-order valence-electron chi connectivity index (χ4n) is 3.24. The Hall–Kier alpha value is -4.08. The maximum Gasteiger partial charge on any atom is 0.145 e. The van der Waals surface area contributed by atoms with Gasteiger partial charge in [0, 0.05) is 19.5 Å². The zero-order chi connectivity index (χ0) is 21.6. The molecular formula is C25H21N3O3. The van der Waals surface area contributed by atoms with E-state index < -0.39 is 6.10 Å². The van der Waals surface area contributed by atoms with Gasteiger partial charge in [0.05, 0.1) is 29.9 Å². The number of imidazole rings is 1. The third kappa shape index (κ3) is 4.92. The van der Waals surface area contributed by atoms with Crippen LogP contribution in [0.2, 0.25) is 0 Å². The number of benzene rings is 3. The van der Waals surface area contributed by atoms with E-state index in [0.29, 0.717) is 29.2 Å². The molecule has 0 radical (unpaired) electrons. The highest BCUT2D eigenvalue weighted by atomic mass is 16.5. The minimum Gasteiger partial charge on any atom is -0.457 e. The SMILES string of the molecule is Cn1cncc1C(O)Cc1ccc(C#N)c(Oc2cccc(Oc3ccccc3)c2)c1. The molecule has 4 aromatic rings. The van der Waals surface area contributed by atoms with Gasteiger partial charge in [0.1, 0.15) is 29.1 Å². The number of hydrogen-bond donors (Lipinski definition) is 1. The van der Waals surface area contributed by atoms with Gasteiger partial charge >= 0.3 is 0 Å². The minimum atomic E-state index is -0.712. The van der Waals surface area contributed by atoms with Crippen LogP contribution < -0.4 is 9.47 Å².